The Balaban J connectivity index is 2.25. The van der Waals surface area contributed by atoms with Crippen LogP contribution in [0.15, 0.2) is 0 Å². The number of nitrogens with one attached hydrogen (secondary N) is 1. The number of hydrogen-bond donors (Lipinski definition) is 1. The van der Waals surface area contributed by atoms with Gasteiger partial charge in [0, 0.05) is 18.6 Å². The summed E-state index contributed by atoms with van der Waals surface area (Å²) in [7, 11) is 0. The first-order valence-electron chi connectivity index (χ1n) is 6.58. The highest BCUT2D eigenvalue weighted by molar-refractivity contribution is 7.71. The van der Waals surface area contributed by atoms with E-state index in [1.54, 1.807) is 0 Å². The van der Waals surface area contributed by atoms with Gasteiger partial charge in [-0.05, 0) is 45.3 Å². The number of aromatic nitrogens is 3. The van der Waals surface area contributed by atoms with Crippen LogP contribution in [0.5, 0.6) is 0 Å². The zero-order valence-electron chi connectivity index (χ0n) is 10.9. The summed E-state index contributed by atoms with van der Waals surface area (Å²) in [5.74, 6) is 1.03. The van der Waals surface area contributed by atoms with Crippen LogP contribution in [0.3, 0.4) is 0 Å². The molecule has 5 heteroatoms. The molecule has 1 heterocycles. The van der Waals surface area contributed by atoms with E-state index in [1.807, 2.05) is 0 Å². The van der Waals surface area contributed by atoms with E-state index >= 15 is 0 Å². The molecule has 0 amide bonds. The number of H-pyrrole nitrogens is 1. The van der Waals surface area contributed by atoms with Gasteiger partial charge in [-0.15, -0.1) is 5.10 Å². The number of hydrogen-bond acceptors (Lipinski definition) is 3. The lowest BCUT2D eigenvalue weighted by Crippen LogP contribution is -2.30. The summed E-state index contributed by atoms with van der Waals surface area (Å²) < 4.78 is 2.86. The third-order valence-electron chi connectivity index (χ3n) is 3.20. The Kier molecular flexibility index (Phi) is 3.86. The number of anilines is 1. The predicted octanol–water partition coefficient (Wildman–Crippen LogP) is 3.29. The van der Waals surface area contributed by atoms with Gasteiger partial charge < -0.3 is 4.90 Å². The first kappa shape index (κ1) is 12.6. The van der Waals surface area contributed by atoms with Gasteiger partial charge in [-0.3, -0.25) is 4.57 Å². The molecule has 96 valence electrons. The quantitative estimate of drug-likeness (QED) is 0.791. The van der Waals surface area contributed by atoms with Gasteiger partial charge >= 0.3 is 0 Å². The zero-order chi connectivity index (χ0) is 12.4. The number of unbranched alkanes of at least 4 members (excludes halogenated alkanes) is 1. The van der Waals surface area contributed by atoms with Gasteiger partial charge in [0.15, 0.2) is 4.77 Å². The van der Waals surface area contributed by atoms with Gasteiger partial charge in [0.2, 0.25) is 5.95 Å². The van der Waals surface area contributed by atoms with Gasteiger partial charge in [-0.1, -0.05) is 13.3 Å². The van der Waals surface area contributed by atoms with Crippen molar-refractivity contribution in [2.24, 2.45) is 0 Å². The SMILES string of the molecule is CCCCN(c1n[nH]c(=S)n1C(C)C)C1CC1. The second kappa shape index (κ2) is 5.21. The first-order valence-corrected chi connectivity index (χ1v) is 6.99. The highest BCUT2D eigenvalue weighted by Gasteiger charge is 2.32. The van der Waals surface area contributed by atoms with Crippen LogP contribution in [-0.4, -0.2) is 27.4 Å². The maximum atomic E-state index is 5.31. The normalized spacial score (nSPS) is 15.5. The van der Waals surface area contributed by atoms with Gasteiger partial charge in [0.05, 0.1) is 0 Å². The van der Waals surface area contributed by atoms with Crippen molar-refractivity contribution in [3.63, 3.8) is 0 Å². The summed E-state index contributed by atoms with van der Waals surface area (Å²) in [6.07, 6.45) is 5.02. The Morgan fingerprint density at radius 2 is 2.24 bits per heavy atom. The topological polar surface area (TPSA) is 36.9 Å². The van der Waals surface area contributed by atoms with E-state index in [1.165, 1.54) is 25.7 Å². The Morgan fingerprint density at radius 3 is 2.76 bits per heavy atom. The molecule has 0 unspecified atom stereocenters. The first-order chi connectivity index (χ1) is 8.15. The van der Waals surface area contributed by atoms with Crippen molar-refractivity contribution in [2.75, 3.05) is 11.4 Å². The molecule has 1 aliphatic carbocycles. The van der Waals surface area contributed by atoms with Crippen molar-refractivity contribution < 1.29 is 0 Å². The van der Waals surface area contributed by atoms with Crippen LogP contribution in [-0.2, 0) is 0 Å². The van der Waals surface area contributed by atoms with E-state index in [9.17, 15) is 0 Å². The highest BCUT2D eigenvalue weighted by atomic mass is 32.1. The molecule has 1 N–H and O–H groups in total. The van der Waals surface area contributed by atoms with Crippen molar-refractivity contribution in [3.05, 3.63) is 4.77 Å². The smallest absolute Gasteiger partial charge is 0.226 e. The third-order valence-corrected chi connectivity index (χ3v) is 3.49. The summed E-state index contributed by atoms with van der Waals surface area (Å²) in [6, 6.07) is 1.04. The minimum Gasteiger partial charge on any atom is -0.338 e. The molecule has 0 bridgehead atoms. The molecule has 0 atom stereocenters. The molecule has 0 aliphatic heterocycles. The lowest BCUT2D eigenvalue weighted by atomic mass is 10.3. The van der Waals surface area contributed by atoms with Crippen LogP contribution in [0, 0.1) is 4.77 Å². The molecule has 2 rings (SSSR count). The van der Waals surface area contributed by atoms with E-state index in [2.05, 4.69) is 40.4 Å². The summed E-state index contributed by atoms with van der Waals surface area (Å²) in [5, 5.41) is 7.36. The van der Waals surface area contributed by atoms with Gasteiger partial charge in [0.1, 0.15) is 0 Å². The summed E-state index contributed by atoms with van der Waals surface area (Å²) >= 11 is 5.31. The van der Waals surface area contributed by atoms with E-state index in [0.29, 0.717) is 12.1 Å². The Bertz CT molecular complexity index is 416. The Labute approximate surface area is 108 Å². The second-order valence-electron chi connectivity index (χ2n) is 5.07. The fourth-order valence-corrected chi connectivity index (χ4v) is 2.46. The van der Waals surface area contributed by atoms with E-state index in [0.717, 1.165) is 17.3 Å². The molecular formula is C12H22N4S. The fraction of sp³-hybridized carbons (Fsp3) is 0.833. The van der Waals surface area contributed by atoms with Crippen LogP contribution >= 0.6 is 12.2 Å². The fourth-order valence-electron chi connectivity index (χ4n) is 2.12. The molecular weight excluding hydrogens is 232 g/mol. The molecule has 17 heavy (non-hydrogen) atoms. The molecule has 4 nitrogen and oxygen atoms in total. The molecule has 1 aromatic rings. The largest absolute Gasteiger partial charge is 0.338 e. The second-order valence-corrected chi connectivity index (χ2v) is 5.46. The monoisotopic (exact) mass is 254 g/mol. The standard InChI is InChI=1S/C12H22N4S/c1-4-5-8-15(10-6-7-10)11-13-14-12(17)16(11)9(2)3/h9-10H,4-8H2,1-3H3,(H,14,17). The molecule has 1 aliphatic rings. The number of rotatable bonds is 6. The maximum Gasteiger partial charge on any atom is 0.226 e. The van der Waals surface area contributed by atoms with E-state index < -0.39 is 0 Å². The van der Waals surface area contributed by atoms with Crippen molar-refractivity contribution in [1.82, 2.24) is 14.8 Å². The number of nitrogens with zero attached hydrogens (tertiary/aromatic N) is 3. The lowest BCUT2D eigenvalue weighted by molar-refractivity contribution is 0.570. The molecule has 1 saturated carbocycles. The van der Waals surface area contributed by atoms with Crippen molar-refractivity contribution in [2.45, 2.75) is 58.5 Å². The minimum absolute atomic E-state index is 0.360. The Hall–Kier alpha value is -0.840. The molecule has 1 fully saturated rings. The minimum atomic E-state index is 0.360. The maximum absolute atomic E-state index is 5.31. The molecule has 0 aromatic carbocycles. The van der Waals surface area contributed by atoms with Gasteiger partial charge in [0.25, 0.3) is 0 Å². The van der Waals surface area contributed by atoms with Crippen LogP contribution in [0.2, 0.25) is 0 Å². The van der Waals surface area contributed by atoms with Crippen LogP contribution < -0.4 is 4.90 Å². The average molecular weight is 254 g/mol. The lowest BCUT2D eigenvalue weighted by Gasteiger charge is -2.24. The van der Waals surface area contributed by atoms with Crippen molar-refractivity contribution >= 4 is 18.2 Å². The highest BCUT2D eigenvalue weighted by Crippen LogP contribution is 2.32. The molecule has 0 radical (unpaired) electrons. The summed E-state index contributed by atoms with van der Waals surface area (Å²) in [5.41, 5.74) is 0. The molecule has 1 aromatic heterocycles. The van der Waals surface area contributed by atoms with Crippen LogP contribution in [0.25, 0.3) is 0 Å². The molecule has 0 saturated heterocycles. The summed E-state index contributed by atoms with van der Waals surface area (Å²) in [4.78, 5) is 2.43. The van der Waals surface area contributed by atoms with Crippen LogP contribution in [0.4, 0.5) is 5.95 Å². The third kappa shape index (κ3) is 2.70. The van der Waals surface area contributed by atoms with Crippen molar-refractivity contribution in [3.8, 4) is 0 Å². The Morgan fingerprint density at radius 1 is 1.53 bits per heavy atom. The van der Waals surface area contributed by atoms with Crippen LogP contribution in [0.1, 0.15) is 52.5 Å². The summed E-state index contributed by atoms with van der Waals surface area (Å²) in [6.45, 7) is 7.62. The van der Waals surface area contributed by atoms with E-state index in [4.69, 9.17) is 12.2 Å². The number of aromatic amines is 1. The zero-order valence-corrected chi connectivity index (χ0v) is 11.8. The predicted molar refractivity (Wildman–Crippen MR) is 73.1 cm³/mol. The van der Waals surface area contributed by atoms with Gasteiger partial charge in [-0.2, -0.15) is 0 Å². The molecule has 0 spiro atoms. The van der Waals surface area contributed by atoms with Gasteiger partial charge in [-0.25, -0.2) is 5.10 Å². The van der Waals surface area contributed by atoms with Crippen molar-refractivity contribution in [1.29, 1.82) is 0 Å². The average Bonchev–Trinajstić information content (AvgIpc) is 3.03. The van der Waals surface area contributed by atoms with E-state index in [-0.39, 0.29) is 0 Å².